The molecule has 0 amide bonds. The van der Waals surface area contributed by atoms with Crippen LogP contribution in [0.3, 0.4) is 0 Å². The molecule has 2 rings (SSSR count). The molecule has 0 bridgehead atoms. The van der Waals surface area contributed by atoms with Crippen molar-refractivity contribution in [2.24, 2.45) is 5.41 Å². The smallest absolute Gasteiger partial charge is 0.141 e. The number of pyridine rings is 1. The Labute approximate surface area is 94.1 Å². The van der Waals surface area contributed by atoms with E-state index in [-0.39, 0.29) is 11.2 Å². The third-order valence-electron chi connectivity index (χ3n) is 2.92. The SMILES string of the molecule is CC1(CCl)CCN(c2ccc(F)cn2)C1. The van der Waals surface area contributed by atoms with Crippen LogP contribution in [0, 0.1) is 11.2 Å². The molecule has 0 saturated carbocycles. The lowest BCUT2D eigenvalue weighted by molar-refractivity contribution is 0.425. The van der Waals surface area contributed by atoms with Crippen molar-refractivity contribution in [1.29, 1.82) is 0 Å². The van der Waals surface area contributed by atoms with Crippen molar-refractivity contribution in [3.8, 4) is 0 Å². The van der Waals surface area contributed by atoms with Gasteiger partial charge < -0.3 is 4.90 Å². The van der Waals surface area contributed by atoms with E-state index in [1.807, 2.05) is 0 Å². The number of alkyl halides is 1. The lowest BCUT2D eigenvalue weighted by atomic mass is 9.93. The molecule has 1 aliphatic rings. The molecule has 1 fully saturated rings. The summed E-state index contributed by atoms with van der Waals surface area (Å²) in [6, 6.07) is 3.16. The van der Waals surface area contributed by atoms with Gasteiger partial charge in [-0.3, -0.25) is 0 Å². The fourth-order valence-corrected chi connectivity index (χ4v) is 2.10. The maximum atomic E-state index is 12.7. The van der Waals surface area contributed by atoms with E-state index in [1.54, 1.807) is 6.07 Å². The maximum Gasteiger partial charge on any atom is 0.141 e. The number of rotatable bonds is 2. The van der Waals surface area contributed by atoms with Crippen molar-refractivity contribution in [1.82, 2.24) is 4.98 Å². The molecule has 0 aromatic carbocycles. The molecule has 2 nitrogen and oxygen atoms in total. The van der Waals surface area contributed by atoms with Crippen LogP contribution in [0.25, 0.3) is 0 Å². The molecule has 0 spiro atoms. The van der Waals surface area contributed by atoms with E-state index in [9.17, 15) is 4.39 Å². The highest BCUT2D eigenvalue weighted by atomic mass is 35.5. The molecule has 1 aliphatic heterocycles. The summed E-state index contributed by atoms with van der Waals surface area (Å²) in [5.74, 6) is 1.20. The van der Waals surface area contributed by atoms with Crippen molar-refractivity contribution < 1.29 is 4.39 Å². The first-order chi connectivity index (χ1) is 7.13. The summed E-state index contributed by atoms with van der Waals surface area (Å²) in [4.78, 5) is 6.22. The van der Waals surface area contributed by atoms with E-state index in [4.69, 9.17) is 11.6 Å². The molecule has 1 aromatic heterocycles. The van der Waals surface area contributed by atoms with Gasteiger partial charge in [-0.05, 0) is 18.6 Å². The highest BCUT2D eigenvalue weighted by Crippen LogP contribution is 2.33. The Balaban J connectivity index is 2.11. The van der Waals surface area contributed by atoms with Gasteiger partial charge in [-0.25, -0.2) is 9.37 Å². The van der Waals surface area contributed by atoms with Crippen LogP contribution in [0.5, 0.6) is 0 Å². The molecule has 0 N–H and O–H groups in total. The summed E-state index contributed by atoms with van der Waals surface area (Å²) in [6.45, 7) is 4.01. The van der Waals surface area contributed by atoms with Crippen LogP contribution in [0.1, 0.15) is 13.3 Å². The lowest BCUT2D eigenvalue weighted by Crippen LogP contribution is -2.26. The Kier molecular flexibility index (Phi) is 2.83. The first-order valence-corrected chi connectivity index (χ1v) is 5.59. The van der Waals surface area contributed by atoms with E-state index in [0.29, 0.717) is 5.88 Å². The van der Waals surface area contributed by atoms with Crippen molar-refractivity contribution in [3.63, 3.8) is 0 Å². The van der Waals surface area contributed by atoms with Crippen LogP contribution in [0.15, 0.2) is 18.3 Å². The monoisotopic (exact) mass is 228 g/mol. The van der Waals surface area contributed by atoms with Crippen molar-refractivity contribution >= 4 is 17.4 Å². The quantitative estimate of drug-likeness (QED) is 0.724. The van der Waals surface area contributed by atoms with Gasteiger partial charge in [0.1, 0.15) is 11.6 Å². The number of hydrogen-bond acceptors (Lipinski definition) is 2. The van der Waals surface area contributed by atoms with Crippen molar-refractivity contribution in [2.75, 3.05) is 23.9 Å². The molecule has 2 heterocycles. The second-order valence-electron chi connectivity index (χ2n) is 4.45. The van der Waals surface area contributed by atoms with Crippen LogP contribution in [-0.4, -0.2) is 24.0 Å². The predicted octanol–water partition coefficient (Wildman–Crippen LogP) is 2.68. The molecular weight excluding hydrogens is 215 g/mol. The Bertz CT molecular complexity index is 341. The van der Waals surface area contributed by atoms with Crippen LogP contribution in [0.4, 0.5) is 10.2 Å². The predicted molar refractivity (Wildman–Crippen MR) is 59.9 cm³/mol. The second kappa shape index (κ2) is 3.97. The second-order valence-corrected chi connectivity index (χ2v) is 4.72. The van der Waals surface area contributed by atoms with Crippen molar-refractivity contribution in [2.45, 2.75) is 13.3 Å². The zero-order valence-corrected chi connectivity index (χ0v) is 9.47. The highest BCUT2D eigenvalue weighted by Gasteiger charge is 2.33. The summed E-state index contributed by atoms with van der Waals surface area (Å²) < 4.78 is 12.7. The Hall–Kier alpha value is -0.830. The van der Waals surface area contributed by atoms with Gasteiger partial charge in [0, 0.05) is 24.4 Å². The van der Waals surface area contributed by atoms with Crippen LogP contribution in [0.2, 0.25) is 0 Å². The fraction of sp³-hybridized carbons (Fsp3) is 0.545. The molecule has 1 saturated heterocycles. The van der Waals surface area contributed by atoms with Crippen LogP contribution in [-0.2, 0) is 0 Å². The normalized spacial score (nSPS) is 25.9. The van der Waals surface area contributed by atoms with Gasteiger partial charge >= 0.3 is 0 Å². The molecule has 4 heteroatoms. The maximum absolute atomic E-state index is 12.7. The fourth-order valence-electron chi connectivity index (χ4n) is 1.88. The molecular formula is C11H14ClFN2. The topological polar surface area (TPSA) is 16.1 Å². The highest BCUT2D eigenvalue weighted by molar-refractivity contribution is 6.18. The average Bonchev–Trinajstić information content (AvgIpc) is 2.63. The van der Waals surface area contributed by atoms with Gasteiger partial charge in [0.05, 0.1) is 6.20 Å². The average molecular weight is 229 g/mol. The van der Waals surface area contributed by atoms with Gasteiger partial charge in [0.2, 0.25) is 0 Å². The van der Waals surface area contributed by atoms with Gasteiger partial charge in [-0.2, -0.15) is 0 Å². The van der Waals surface area contributed by atoms with Gasteiger partial charge in [0.15, 0.2) is 0 Å². The summed E-state index contributed by atoms with van der Waals surface area (Å²) in [7, 11) is 0. The van der Waals surface area contributed by atoms with E-state index < -0.39 is 0 Å². The third-order valence-corrected chi connectivity index (χ3v) is 3.56. The largest absolute Gasteiger partial charge is 0.356 e. The summed E-state index contributed by atoms with van der Waals surface area (Å²) in [5, 5.41) is 0. The molecule has 82 valence electrons. The standard InChI is InChI=1S/C11H14ClFN2/c1-11(7-12)4-5-15(8-11)10-3-2-9(13)6-14-10/h2-3,6H,4-5,7-8H2,1H3. The third kappa shape index (κ3) is 2.23. The van der Waals surface area contributed by atoms with E-state index >= 15 is 0 Å². The van der Waals surface area contributed by atoms with Gasteiger partial charge in [-0.15, -0.1) is 11.6 Å². The number of halogens is 2. The van der Waals surface area contributed by atoms with Crippen LogP contribution >= 0.6 is 11.6 Å². The number of anilines is 1. The summed E-state index contributed by atoms with van der Waals surface area (Å²) in [5.41, 5.74) is 0.164. The van der Waals surface area contributed by atoms with E-state index in [2.05, 4.69) is 16.8 Å². The summed E-state index contributed by atoms with van der Waals surface area (Å²) in [6.07, 6.45) is 2.32. The summed E-state index contributed by atoms with van der Waals surface area (Å²) >= 11 is 5.92. The molecule has 0 radical (unpaired) electrons. The molecule has 1 unspecified atom stereocenters. The minimum atomic E-state index is -0.293. The van der Waals surface area contributed by atoms with E-state index in [1.165, 1.54) is 12.3 Å². The number of hydrogen-bond donors (Lipinski definition) is 0. The number of nitrogens with zero attached hydrogens (tertiary/aromatic N) is 2. The lowest BCUT2D eigenvalue weighted by Gasteiger charge is -2.22. The van der Waals surface area contributed by atoms with E-state index in [0.717, 1.165) is 25.3 Å². The Morgan fingerprint density at radius 2 is 2.40 bits per heavy atom. The molecule has 1 atom stereocenters. The number of aromatic nitrogens is 1. The van der Waals surface area contributed by atoms with Gasteiger partial charge in [0.25, 0.3) is 0 Å². The zero-order chi connectivity index (χ0) is 10.9. The first-order valence-electron chi connectivity index (χ1n) is 5.05. The Morgan fingerprint density at radius 3 is 2.93 bits per heavy atom. The molecule has 0 aliphatic carbocycles. The molecule has 1 aromatic rings. The molecule has 15 heavy (non-hydrogen) atoms. The zero-order valence-electron chi connectivity index (χ0n) is 8.71. The van der Waals surface area contributed by atoms with Crippen molar-refractivity contribution in [3.05, 3.63) is 24.1 Å². The Morgan fingerprint density at radius 1 is 1.60 bits per heavy atom. The van der Waals surface area contributed by atoms with Gasteiger partial charge in [-0.1, -0.05) is 6.92 Å². The minimum Gasteiger partial charge on any atom is -0.356 e. The first kappa shape index (κ1) is 10.7. The van der Waals surface area contributed by atoms with Crippen LogP contribution < -0.4 is 4.90 Å². The minimum absolute atomic E-state index is 0.164.